The molecule has 2 aromatic carbocycles. The van der Waals surface area contributed by atoms with Gasteiger partial charge in [-0.15, -0.1) is 0 Å². The van der Waals surface area contributed by atoms with E-state index in [0.29, 0.717) is 5.56 Å². The molecule has 3 rings (SSSR count). The number of ether oxygens (including phenoxy) is 1. The van der Waals surface area contributed by atoms with E-state index in [0.717, 1.165) is 40.3 Å². The van der Waals surface area contributed by atoms with Gasteiger partial charge >= 0.3 is 5.97 Å². The molecule has 3 aromatic rings. The van der Waals surface area contributed by atoms with Crippen LogP contribution in [-0.4, -0.2) is 23.9 Å². The summed E-state index contributed by atoms with van der Waals surface area (Å²) in [5.41, 5.74) is 7.94. The molecule has 28 heavy (non-hydrogen) atoms. The lowest BCUT2D eigenvalue weighted by atomic mass is 10.1. The van der Waals surface area contributed by atoms with Crippen LogP contribution in [0.3, 0.4) is 0 Å². The first-order valence-electron chi connectivity index (χ1n) is 9.46. The summed E-state index contributed by atoms with van der Waals surface area (Å²) in [5, 5.41) is 0. The second-order valence-electron chi connectivity index (χ2n) is 6.88. The Hall–Kier alpha value is -3.14. The van der Waals surface area contributed by atoms with Crippen LogP contribution in [0.5, 0.6) is 0 Å². The molecule has 0 saturated heterocycles. The number of methoxy groups -OCH3 is 1. The third kappa shape index (κ3) is 3.77. The van der Waals surface area contributed by atoms with E-state index in [1.54, 1.807) is 6.07 Å². The molecular formula is C24H26N2O2. The maximum Gasteiger partial charge on any atom is 0.338 e. The van der Waals surface area contributed by atoms with E-state index < -0.39 is 0 Å². The maximum absolute atomic E-state index is 11.9. The van der Waals surface area contributed by atoms with Gasteiger partial charge in [0.05, 0.1) is 18.4 Å². The fourth-order valence-electron chi connectivity index (χ4n) is 3.43. The van der Waals surface area contributed by atoms with Crippen molar-refractivity contribution in [3.05, 3.63) is 82.2 Å². The van der Waals surface area contributed by atoms with Gasteiger partial charge in [0, 0.05) is 28.9 Å². The van der Waals surface area contributed by atoms with Gasteiger partial charge in [-0.1, -0.05) is 25.1 Å². The third-order valence-corrected chi connectivity index (χ3v) is 5.13. The van der Waals surface area contributed by atoms with Crippen molar-refractivity contribution in [1.29, 1.82) is 0 Å². The number of nitrogens with zero attached hydrogens (tertiary/aromatic N) is 2. The van der Waals surface area contributed by atoms with E-state index >= 15 is 0 Å². The highest BCUT2D eigenvalue weighted by atomic mass is 16.5. The normalized spacial score (nSPS) is 11.2. The van der Waals surface area contributed by atoms with E-state index in [1.165, 1.54) is 12.7 Å². The zero-order valence-corrected chi connectivity index (χ0v) is 17.1. The monoisotopic (exact) mass is 374 g/mol. The molecule has 144 valence electrons. The third-order valence-electron chi connectivity index (χ3n) is 5.13. The second kappa shape index (κ2) is 8.26. The molecule has 0 bridgehead atoms. The van der Waals surface area contributed by atoms with Crippen LogP contribution in [0, 0.1) is 20.8 Å². The zero-order valence-electron chi connectivity index (χ0n) is 17.1. The van der Waals surface area contributed by atoms with Crippen molar-refractivity contribution < 1.29 is 9.53 Å². The van der Waals surface area contributed by atoms with Gasteiger partial charge in [0.15, 0.2) is 0 Å². The molecule has 0 spiro atoms. The molecule has 1 aromatic heterocycles. The highest BCUT2D eigenvalue weighted by Gasteiger charge is 2.12. The standard InChI is InChI=1S/C24H26N2O2/c1-6-19-10-12-21(13-11-19)26-16(2)14-20(18(26)4)15-25-23-9-7-8-22(17(23)3)24(27)28-5/h7-15H,6H2,1-5H3. The molecule has 0 saturated carbocycles. The molecule has 0 aliphatic heterocycles. The summed E-state index contributed by atoms with van der Waals surface area (Å²) in [5.74, 6) is -0.344. The first kappa shape index (κ1) is 19.6. The molecule has 0 fully saturated rings. The molecule has 0 unspecified atom stereocenters. The Balaban J connectivity index is 1.95. The number of carbonyl (C=O) groups excluding carboxylic acids is 1. The van der Waals surface area contributed by atoms with Gasteiger partial charge in [-0.25, -0.2) is 4.79 Å². The number of carbonyl (C=O) groups is 1. The number of aromatic nitrogens is 1. The van der Waals surface area contributed by atoms with Crippen molar-refractivity contribution in [1.82, 2.24) is 4.57 Å². The number of hydrogen-bond acceptors (Lipinski definition) is 3. The zero-order chi connectivity index (χ0) is 20.3. The number of benzene rings is 2. The first-order valence-corrected chi connectivity index (χ1v) is 9.46. The average molecular weight is 374 g/mol. The van der Waals surface area contributed by atoms with E-state index in [9.17, 15) is 4.79 Å². The first-order chi connectivity index (χ1) is 13.5. The lowest BCUT2D eigenvalue weighted by Crippen LogP contribution is -2.03. The highest BCUT2D eigenvalue weighted by molar-refractivity contribution is 5.93. The second-order valence-corrected chi connectivity index (χ2v) is 6.88. The van der Waals surface area contributed by atoms with E-state index in [1.807, 2.05) is 25.3 Å². The molecule has 0 amide bonds. The van der Waals surface area contributed by atoms with Gasteiger partial charge in [0.2, 0.25) is 0 Å². The summed E-state index contributed by atoms with van der Waals surface area (Å²) in [6.45, 7) is 8.24. The highest BCUT2D eigenvalue weighted by Crippen LogP contribution is 2.24. The summed E-state index contributed by atoms with van der Waals surface area (Å²) < 4.78 is 7.08. The van der Waals surface area contributed by atoms with Gasteiger partial charge in [-0.3, -0.25) is 4.99 Å². The Kier molecular flexibility index (Phi) is 5.78. The van der Waals surface area contributed by atoms with Crippen LogP contribution < -0.4 is 0 Å². The average Bonchev–Trinajstić information content (AvgIpc) is 3.00. The Morgan fingerprint density at radius 3 is 2.46 bits per heavy atom. The van der Waals surface area contributed by atoms with E-state index in [2.05, 4.69) is 60.7 Å². The summed E-state index contributed by atoms with van der Waals surface area (Å²) in [6.07, 6.45) is 2.90. The smallest absolute Gasteiger partial charge is 0.338 e. The largest absolute Gasteiger partial charge is 0.465 e. The molecule has 0 N–H and O–H groups in total. The van der Waals surface area contributed by atoms with Crippen molar-refractivity contribution in [2.75, 3.05) is 7.11 Å². The van der Waals surface area contributed by atoms with Crippen LogP contribution in [0.4, 0.5) is 5.69 Å². The van der Waals surface area contributed by atoms with Gasteiger partial charge in [0.25, 0.3) is 0 Å². The Bertz CT molecular complexity index is 1030. The fraction of sp³-hybridized carbons (Fsp3) is 0.250. The number of aryl methyl sites for hydroxylation is 2. The quantitative estimate of drug-likeness (QED) is 0.437. The maximum atomic E-state index is 11.9. The van der Waals surface area contributed by atoms with Gasteiger partial charge in [-0.2, -0.15) is 0 Å². The summed E-state index contributed by atoms with van der Waals surface area (Å²) in [6, 6.07) is 16.3. The molecule has 4 heteroatoms. The minimum absolute atomic E-state index is 0.344. The van der Waals surface area contributed by atoms with Crippen LogP contribution in [0.2, 0.25) is 0 Å². The number of hydrogen-bond donors (Lipinski definition) is 0. The van der Waals surface area contributed by atoms with Crippen LogP contribution in [-0.2, 0) is 11.2 Å². The molecule has 0 radical (unpaired) electrons. The summed E-state index contributed by atoms with van der Waals surface area (Å²) in [7, 11) is 1.39. The predicted octanol–water partition coefficient (Wildman–Crippen LogP) is 5.50. The minimum atomic E-state index is -0.344. The lowest BCUT2D eigenvalue weighted by molar-refractivity contribution is 0.0600. The minimum Gasteiger partial charge on any atom is -0.465 e. The van der Waals surface area contributed by atoms with Crippen molar-refractivity contribution >= 4 is 17.9 Å². The van der Waals surface area contributed by atoms with Crippen LogP contribution in [0.1, 0.15) is 45.4 Å². The molecule has 0 aliphatic rings. The van der Waals surface area contributed by atoms with Gasteiger partial charge < -0.3 is 9.30 Å². The number of rotatable bonds is 5. The van der Waals surface area contributed by atoms with Crippen molar-refractivity contribution in [3.63, 3.8) is 0 Å². The Morgan fingerprint density at radius 1 is 1.11 bits per heavy atom. The topological polar surface area (TPSA) is 43.6 Å². The number of esters is 1. The Morgan fingerprint density at radius 2 is 1.82 bits per heavy atom. The lowest BCUT2D eigenvalue weighted by Gasteiger charge is -2.10. The Labute approximate surface area is 166 Å². The van der Waals surface area contributed by atoms with Gasteiger partial charge in [0.1, 0.15) is 0 Å². The summed E-state index contributed by atoms with van der Waals surface area (Å²) in [4.78, 5) is 16.5. The van der Waals surface area contributed by atoms with E-state index in [-0.39, 0.29) is 5.97 Å². The van der Waals surface area contributed by atoms with Crippen molar-refractivity contribution in [2.45, 2.75) is 34.1 Å². The number of aliphatic imine (C=N–C) groups is 1. The van der Waals surface area contributed by atoms with Gasteiger partial charge in [-0.05, 0) is 68.7 Å². The molecule has 0 atom stereocenters. The molecule has 4 nitrogen and oxygen atoms in total. The van der Waals surface area contributed by atoms with Crippen molar-refractivity contribution in [3.8, 4) is 5.69 Å². The van der Waals surface area contributed by atoms with Crippen molar-refractivity contribution in [2.24, 2.45) is 4.99 Å². The molecule has 1 heterocycles. The fourth-order valence-corrected chi connectivity index (χ4v) is 3.43. The summed E-state index contributed by atoms with van der Waals surface area (Å²) >= 11 is 0. The van der Waals surface area contributed by atoms with Crippen LogP contribution in [0.25, 0.3) is 5.69 Å². The predicted molar refractivity (Wildman–Crippen MR) is 114 cm³/mol. The molecular weight excluding hydrogens is 348 g/mol. The SMILES string of the molecule is CCc1ccc(-n2c(C)cc(C=Nc3cccc(C(=O)OC)c3C)c2C)cc1. The van der Waals surface area contributed by atoms with Crippen LogP contribution in [0.15, 0.2) is 53.5 Å². The van der Waals surface area contributed by atoms with Crippen LogP contribution >= 0.6 is 0 Å². The van der Waals surface area contributed by atoms with E-state index in [4.69, 9.17) is 4.74 Å². The molecule has 0 aliphatic carbocycles.